The molecule has 1 aliphatic rings. The first-order valence-electron chi connectivity index (χ1n) is 7.32. The van der Waals surface area contributed by atoms with Gasteiger partial charge in [0, 0.05) is 24.7 Å². The van der Waals surface area contributed by atoms with Crippen LogP contribution in [0.15, 0.2) is 42.1 Å². The van der Waals surface area contributed by atoms with Crippen molar-refractivity contribution in [3.63, 3.8) is 0 Å². The van der Waals surface area contributed by atoms with E-state index in [0.29, 0.717) is 12.3 Å². The molecular formula is C17H24N2O. The maximum absolute atomic E-state index is 11.9. The number of rotatable bonds is 6. The van der Waals surface area contributed by atoms with Gasteiger partial charge in [0.1, 0.15) is 0 Å². The first-order chi connectivity index (χ1) is 9.65. The van der Waals surface area contributed by atoms with E-state index in [1.54, 1.807) is 6.08 Å². The van der Waals surface area contributed by atoms with Crippen molar-refractivity contribution >= 4 is 5.78 Å². The fourth-order valence-electron chi connectivity index (χ4n) is 2.62. The summed E-state index contributed by atoms with van der Waals surface area (Å²) in [6.45, 7) is 2.00. The maximum Gasteiger partial charge on any atom is 0.158 e. The molecule has 0 radical (unpaired) electrons. The average Bonchev–Trinajstić information content (AvgIpc) is 2.44. The number of ketones is 1. The number of nitrogens with one attached hydrogen (secondary N) is 1. The number of allylic oxidation sites excluding steroid dienone is 2. The van der Waals surface area contributed by atoms with E-state index in [4.69, 9.17) is 0 Å². The van der Waals surface area contributed by atoms with Crippen molar-refractivity contribution in [1.29, 1.82) is 0 Å². The molecule has 0 fully saturated rings. The van der Waals surface area contributed by atoms with Gasteiger partial charge in [-0.05, 0) is 45.0 Å². The van der Waals surface area contributed by atoms with E-state index in [0.717, 1.165) is 31.6 Å². The molecule has 1 aromatic rings. The topological polar surface area (TPSA) is 32.3 Å². The van der Waals surface area contributed by atoms with Crippen molar-refractivity contribution in [2.75, 3.05) is 27.2 Å². The fraction of sp³-hybridized carbons (Fsp3) is 0.471. The third-order valence-electron chi connectivity index (χ3n) is 3.65. The number of nitrogens with zero attached hydrogens (tertiary/aromatic N) is 1. The zero-order valence-corrected chi connectivity index (χ0v) is 12.4. The summed E-state index contributed by atoms with van der Waals surface area (Å²) in [6, 6.07) is 10.3. The van der Waals surface area contributed by atoms with Crippen LogP contribution >= 0.6 is 0 Å². The summed E-state index contributed by atoms with van der Waals surface area (Å²) in [5, 5.41) is 3.42. The zero-order valence-electron chi connectivity index (χ0n) is 12.4. The van der Waals surface area contributed by atoms with E-state index in [1.807, 2.05) is 18.2 Å². The SMILES string of the molecule is CN(C)CCCNC1=CC(=O)C[C@@H](c2ccccc2)C1. The predicted molar refractivity (Wildman–Crippen MR) is 82.7 cm³/mol. The Bertz CT molecular complexity index is 465. The van der Waals surface area contributed by atoms with Gasteiger partial charge in [-0.25, -0.2) is 0 Å². The van der Waals surface area contributed by atoms with Crippen LogP contribution in [0.25, 0.3) is 0 Å². The quantitative estimate of drug-likeness (QED) is 0.808. The number of carbonyl (C=O) groups is 1. The van der Waals surface area contributed by atoms with Gasteiger partial charge in [-0.1, -0.05) is 30.3 Å². The third-order valence-corrected chi connectivity index (χ3v) is 3.65. The lowest BCUT2D eigenvalue weighted by Crippen LogP contribution is -2.25. The second-order valence-electron chi connectivity index (χ2n) is 5.74. The molecule has 20 heavy (non-hydrogen) atoms. The van der Waals surface area contributed by atoms with E-state index in [1.165, 1.54) is 5.56 Å². The van der Waals surface area contributed by atoms with Gasteiger partial charge in [-0.3, -0.25) is 4.79 Å². The maximum atomic E-state index is 11.9. The van der Waals surface area contributed by atoms with Crippen molar-refractivity contribution in [3.05, 3.63) is 47.7 Å². The average molecular weight is 272 g/mol. The molecule has 0 aliphatic heterocycles. The van der Waals surface area contributed by atoms with E-state index in [-0.39, 0.29) is 5.78 Å². The van der Waals surface area contributed by atoms with E-state index < -0.39 is 0 Å². The van der Waals surface area contributed by atoms with Crippen LogP contribution in [0.4, 0.5) is 0 Å². The van der Waals surface area contributed by atoms with Crippen molar-refractivity contribution in [1.82, 2.24) is 10.2 Å². The lowest BCUT2D eigenvalue weighted by molar-refractivity contribution is -0.115. The molecular weight excluding hydrogens is 248 g/mol. The molecule has 3 heteroatoms. The van der Waals surface area contributed by atoms with Gasteiger partial charge < -0.3 is 10.2 Å². The van der Waals surface area contributed by atoms with Gasteiger partial charge in [0.15, 0.2) is 5.78 Å². The van der Waals surface area contributed by atoms with Crippen LogP contribution in [0.5, 0.6) is 0 Å². The van der Waals surface area contributed by atoms with Gasteiger partial charge in [-0.15, -0.1) is 0 Å². The number of carbonyl (C=O) groups excluding carboxylic acids is 1. The van der Waals surface area contributed by atoms with Crippen LogP contribution in [0, 0.1) is 0 Å². The monoisotopic (exact) mass is 272 g/mol. The number of hydrogen-bond donors (Lipinski definition) is 1. The van der Waals surface area contributed by atoms with Gasteiger partial charge in [0.2, 0.25) is 0 Å². The Labute approximate surface area is 121 Å². The van der Waals surface area contributed by atoms with Gasteiger partial charge >= 0.3 is 0 Å². The Morgan fingerprint density at radius 1 is 1.20 bits per heavy atom. The largest absolute Gasteiger partial charge is 0.388 e. The van der Waals surface area contributed by atoms with Crippen molar-refractivity contribution < 1.29 is 4.79 Å². The minimum absolute atomic E-state index is 0.236. The minimum atomic E-state index is 0.236. The van der Waals surface area contributed by atoms with E-state index in [2.05, 4.69) is 36.4 Å². The summed E-state index contributed by atoms with van der Waals surface area (Å²) in [7, 11) is 4.16. The Hall–Kier alpha value is -1.61. The van der Waals surface area contributed by atoms with E-state index in [9.17, 15) is 4.79 Å². The summed E-state index contributed by atoms with van der Waals surface area (Å²) < 4.78 is 0. The lowest BCUT2D eigenvalue weighted by Gasteiger charge is -2.23. The van der Waals surface area contributed by atoms with Gasteiger partial charge in [-0.2, -0.15) is 0 Å². The molecule has 0 saturated heterocycles. The smallest absolute Gasteiger partial charge is 0.158 e. The molecule has 0 spiro atoms. The third kappa shape index (κ3) is 4.49. The van der Waals surface area contributed by atoms with Crippen LogP contribution in [-0.2, 0) is 4.79 Å². The summed E-state index contributed by atoms with van der Waals surface area (Å²) >= 11 is 0. The molecule has 0 heterocycles. The summed E-state index contributed by atoms with van der Waals surface area (Å²) in [5.74, 6) is 0.560. The van der Waals surface area contributed by atoms with Crippen LogP contribution in [0.3, 0.4) is 0 Å². The highest BCUT2D eigenvalue weighted by molar-refractivity contribution is 5.91. The molecule has 0 saturated carbocycles. The summed E-state index contributed by atoms with van der Waals surface area (Å²) in [4.78, 5) is 14.0. The first kappa shape index (κ1) is 14.8. The Kier molecular flexibility index (Phi) is 5.36. The minimum Gasteiger partial charge on any atom is -0.388 e. The highest BCUT2D eigenvalue weighted by Crippen LogP contribution is 2.30. The van der Waals surface area contributed by atoms with Crippen molar-refractivity contribution in [2.24, 2.45) is 0 Å². The van der Waals surface area contributed by atoms with Crippen molar-refractivity contribution in [3.8, 4) is 0 Å². The molecule has 0 bridgehead atoms. The highest BCUT2D eigenvalue weighted by Gasteiger charge is 2.21. The zero-order chi connectivity index (χ0) is 14.4. The lowest BCUT2D eigenvalue weighted by atomic mass is 9.85. The molecule has 0 amide bonds. The van der Waals surface area contributed by atoms with Crippen LogP contribution in [0.1, 0.15) is 30.7 Å². The fourth-order valence-corrected chi connectivity index (χ4v) is 2.62. The summed E-state index contributed by atoms with van der Waals surface area (Å²) in [5.41, 5.74) is 2.36. The molecule has 1 N–H and O–H groups in total. The van der Waals surface area contributed by atoms with Crippen LogP contribution in [0.2, 0.25) is 0 Å². The molecule has 1 aliphatic carbocycles. The van der Waals surface area contributed by atoms with Crippen LogP contribution < -0.4 is 5.32 Å². The molecule has 0 aromatic heterocycles. The normalized spacial score (nSPS) is 19.1. The number of hydrogen-bond acceptors (Lipinski definition) is 3. The highest BCUT2D eigenvalue weighted by atomic mass is 16.1. The predicted octanol–water partition coefficient (Wildman–Crippen LogP) is 2.56. The standard InChI is InChI=1S/C17H24N2O/c1-19(2)10-6-9-18-16-11-15(12-17(20)13-16)14-7-4-3-5-8-14/h3-5,7-8,13,15,18H,6,9-12H2,1-2H3/t15-/m0/s1. The molecule has 0 unspecified atom stereocenters. The first-order valence-corrected chi connectivity index (χ1v) is 7.32. The second-order valence-corrected chi connectivity index (χ2v) is 5.74. The van der Waals surface area contributed by atoms with Gasteiger partial charge in [0.25, 0.3) is 0 Å². The molecule has 3 nitrogen and oxygen atoms in total. The van der Waals surface area contributed by atoms with Gasteiger partial charge in [0.05, 0.1) is 0 Å². The molecule has 108 valence electrons. The Morgan fingerprint density at radius 2 is 1.95 bits per heavy atom. The number of benzene rings is 1. The van der Waals surface area contributed by atoms with Crippen LogP contribution in [-0.4, -0.2) is 37.9 Å². The Balaban J connectivity index is 1.89. The van der Waals surface area contributed by atoms with Crippen molar-refractivity contribution in [2.45, 2.75) is 25.2 Å². The van der Waals surface area contributed by atoms with E-state index >= 15 is 0 Å². The Morgan fingerprint density at radius 3 is 2.65 bits per heavy atom. The molecule has 2 rings (SSSR count). The summed E-state index contributed by atoms with van der Waals surface area (Å²) in [6.07, 6.45) is 4.45. The molecule has 1 aromatic carbocycles. The second kappa shape index (κ2) is 7.25. The molecule has 1 atom stereocenters.